The van der Waals surface area contributed by atoms with Crippen molar-refractivity contribution in [3.05, 3.63) is 32.7 Å². The van der Waals surface area contributed by atoms with Gasteiger partial charge in [0.25, 0.3) is 5.56 Å². The van der Waals surface area contributed by atoms with Crippen LogP contribution in [0, 0.1) is 5.92 Å². The molecular formula is C20H25N4O2PS. The van der Waals surface area contributed by atoms with E-state index >= 15 is 0 Å². The minimum Gasteiger partial charge on any atom is -0.371 e. The summed E-state index contributed by atoms with van der Waals surface area (Å²) >= 11 is 1.27. The summed E-state index contributed by atoms with van der Waals surface area (Å²) in [7, 11) is 2.78. The van der Waals surface area contributed by atoms with Gasteiger partial charge in [0.1, 0.15) is 10.2 Å². The van der Waals surface area contributed by atoms with Crippen LogP contribution in [0.25, 0.3) is 21.1 Å². The monoisotopic (exact) mass is 416 g/mol. The van der Waals surface area contributed by atoms with Crippen molar-refractivity contribution in [2.45, 2.75) is 44.7 Å². The number of nitrogens with zero attached hydrogens (tertiary/aromatic N) is 2. The first-order valence-corrected chi connectivity index (χ1v) is 11.2. The molecule has 5 rings (SSSR count). The van der Waals surface area contributed by atoms with Crippen LogP contribution in [0.5, 0.6) is 0 Å². The average molecular weight is 416 g/mol. The van der Waals surface area contributed by atoms with Gasteiger partial charge in [-0.1, -0.05) is 0 Å². The van der Waals surface area contributed by atoms with Gasteiger partial charge in [0.15, 0.2) is 0 Å². The fourth-order valence-corrected chi connectivity index (χ4v) is 5.80. The SMILES string of the molecule is CC(C)(N)C1CCN(c2cc3c(cc2P)c(=O)c2c(=O)[nH]sc2n3C2CC2)C1. The fourth-order valence-electron chi connectivity index (χ4n) is 4.44. The van der Waals surface area contributed by atoms with Crippen molar-refractivity contribution in [3.8, 4) is 0 Å². The van der Waals surface area contributed by atoms with E-state index in [1.54, 1.807) is 0 Å². The molecular weight excluding hydrogens is 391 g/mol. The molecule has 0 spiro atoms. The maximum atomic E-state index is 13.1. The second-order valence-electron chi connectivity index (χ2n) is 8.82. The first-order valence-electron chi connectivity index (χ1n) is 9.78. The molecule has 0 amide bonds. The third-order valence-electron chi connectivity index (χ3n) is 6.27. The minimum atomic E-state index is -0.275. The van der Waals surface area contributed by atoms with Crippen LogP contribution in [-0.2, 0) is 0 Å². The Labute approximate surface area is 169 Å². The number of rotatable bonds is 3. The van der Waals surface area contributed by atoms with Gasteiger partial charge in [0, 0.05) is 35.7 Å². The fraction of sp³-hybridized carbons (Fsp3) is 0.500. The Hall–Kier alpha value is -1.69. The number of nitrogens with one attached hydrogen (secondary N) is 1. The van der Waals surface area contributed by atoms with Crippen LogP contribution >= 0.6 is 20.8 Å². The van der Waals surface area contributed by atoms with Crippen molar-refractivity contribution in [1.82, 2.24) is 8.94 Å². The molecule has 1 aliphatic carbocycles. The normalized spacial score (nSPS) is 20.6. The first-order chi connectivity index (χ1) is 13.3. The Morgan fingerprint density at radius 3 is 2.64 bits per heavy atom. The predicted octanol–water partition coefficient (Wildman–Crippen LogP) is 2.30. The van der Waals surface area contributed by atoms with E-state index in [0.717, 1.165) is 53.7 Å². The zero-order valence-electron chi connectivity index (χ0n) is 16.1. The van der Waals surface area contributed by atoms with Gasteiger partial charge in [0.05, 0.1) is 5.52 Å². The number of H-pyrrole nitrogens is 1. The lowest BCUT2D eigenvalue weighted by Gasteiger charge is -2.28. The molecule has 6 nitrogen and oxygen atoms in total. The Balaban J connectivity index is 1.73. The highest BCUT2D eigenvalue weighted by atomic mass is 32.1. The van der Waals surface area contributed by atoms with Gasteiger partial charge in [-0.3, -0.25) is 14.0 Å². The Bertz CT molecular complexity index is 1220. The van der Waals surface area contributed by atoms with Crippen molar-refractivity contribution in [3.63, 3.8) is 0 Å². The summed E-state index contributed by atoms with van der Waals surface area (Å²) in [5.41, 5.74) is 7.79. The summed E-state index contributed by atoms with van der Waals surface area (Å²) in [6.07, 6.45) is 3.24. The molecule has 2 aliphatic rings. The molecule has 28 heavy (non-hydrogen) atoms. The Kier molecular flexibility index (Phi) is 4.03. The summed E-state index contributed by atoms with van der Waals surface area (Å²) in [6, 6.07) is 4.45. The van der Waals surface area contributed by atoms with Crippen molar-refractivity contribution >= 4 is 52.9 Å². The number of benzene rings is 1. The van der Waals surface area contributed by atoms with Crippen LogP contribution in [-0.4, -0.2) is 27.6 Å². The topological polar surface area (TPSA) is 84.1 Å². The smallest absolute Gasteiger partial charge is 0.271 e. The van der Waals surface area contributed by atoms with Crippen molar-refractivity contribution < 1.29 is 0 Å². The molecule has 3 aromatic rings. The molecule has 2 fully saturated rings. The van der Waals surface area contributed by atoms with Gasteiger partial charge < -0.3 is 15.2 Å². The van der Waals surface area contributed by atoms with E-state index in [-0.39, 0.29) is 16.5 Å². The van der Waals surface area contributed by atoms with E-state index < -0.39 is 0 Å². The lowest BCUT2D eigenvalue weighted by atomic mass is 9.88. The first kappa shape index (κ1) is 18.3. The van der Waals surface area contributed by atoms with Gasteiger partial charge in [-0.15, -0.1) is 9.24 Å². The molecule has 1 saturated carbocycles. The highest BCUT2D eigenvalue weighted by Gasteiger charge is 2.34. The number of hydrogen-bond acceptors (Lipinski definition) is 5. The highest BCUT2D eigenvalue weighted by Crippen LogP contribution is 2.40. The largest absolute Gasteiger partial charge is 0.371 e. The summed E-state index contributed by atoms with van der Waals surface area (Å²) < 4.78 is 4.97. The molecule has 1 aromatic carbocycles. The number of hydrogen-bond donors (Lipinski definition) is 2. The van der Waals surface area contributed by atoms with Gasteiger partial charge >= 0.3 is 0 Å². The summed E-state index contributed by atoms with van der Waals surface area (Å²) in [4.78, 5) is 28.5. The zero-order valence-corrected chi connectivity index (χ0v) is 18.1. The van der Waals surface area contributed by atoms with Crippen LogP contribution < -0.4 is 26.9 Å². The van der Waals surface area contributed by atoms with E-state index in [0.29, 0.717) is 22.7 Å². The Morgan fingerprint density at radius 1 is 1.25 bits per heavy atom. The van der Waals surface area contributed by atoms with Gasteiger partial charge in [-0.25, -0.2) is 0 Å². The van der Waals surface area contributed by atoms with Crippen LogP contribution in [0.4, 0.5) is 5.69 Å². The van der Waals surface area contributed by atoms with Crippen LogP contribution in [0.1, 0.15) is 39.2 Å². The highest BCUT2D eigenvalue weighted by molar-refractivity contribution is 7.28. The van der Waals surface area contributed by atoms with E-state index in [1.165, 1.54) is 11.5 Å². The van der Waals surface area contributed by atoms with Gasteiger partial charge in [-0.2, -0.15) is 0 Å². The van der Waals surface area contributed by atoms with Crippen LogP contribution in [0.15, 0.2) is 21.7 Å². The zero-order chi connectivity index (χ0) is 19.8. The maximum Gasteiger partial charge on any atom is 0.271 e. The number of nitrogens with two attached hydrogens (primary N) is 1. The molecule has 2 atom stereocenters. The molecule has 1 saturated heterocycles. The maximum absolute atomic E-state index is 13.1. The summed E-state index contributed by atoms with van der Waals surface area (Å²) in [6.45, 7) is 6.08. The minimum absolute atomic E-state index is 0.165. The predicted molar refractivity (Wildman–Crippen MR) is 120 cm³/mol. The van der Waals surface area contributed by atoms with Gasteiger partial charge in [-0.05, 0) is 68.0 Å². The lowest BCUT2D eigenvalue weighted by molar-refractivity contribution is 0.348. The molecule has 2 aromatic heterocycles. The second-order valence-corrected chi connectivity index (χ2v) is 10.2. The van der Waals surface area contributed by atoms with Crippen molar-refractivity contribution in [1.29, 1.82) is 0 Å². The molecule has 148 valence electrons. The van der Waals surface area contributed by atoms with Crippen LogP contribution in [0.3, 0.4) is 0 Å². The van der Waals surface area contributed by atoms with Crippen molar-refractivity contribution in [2.75, 3.05) is 18.0 Å². The molecule has 0 bridgehead atoms. The number of aromatic amines is 1. The van der Waals surface area contributed by atoms with E-state index in [1.807, 2.05) is 6.07 Å². The van der Waals surface area contributed by atoms with E-state index in [4.69, 9.17) is 5.73 Å². The number of pyridine rings is 1. The molecule has 3 N–H and O–H groups in total. The average Bonchev–Trinajstić information content (AvgIpc) is 3.19. The molecule has 1 aliphatic heterocycles. The molecule has 8 heteroatoms. The number of fused-ring (bicyclic) bond motifs is 2. The van der Waals surface area contributed by atoms with E-state index in [2.05, 4.69) is 43.0 Å². The third-order valence-corrected chi connectivity index (χ3v) is 7.61. The summed E-state index contributed by atoms with van der Waals surface area (Å²) in [5.74, 6) is 0.440. The quantitative estimate of drug-likeness (QED) is 0.642. The number of anilines is 1. The van der Waals surface area contributed by atoms with Gasteiger partial charge in [0.2, 0.25) is 5.43 Å². The molecule has 3 heterocycles. The number of aromatic nitrogens is 2. The van der Waals surface area contributed by atoms with Crippen LogP contribution in [0.2, 0.25) is 0 Å². The standard InChI is InChI=1S/C20H25N4O2PS/c1-20(2,21)10-5-6-23(9-10)14-8-13-12(7-15(14)27)17(25)16-18(26)22-28-19(16)24(13)11-3-4-11/h7-8,10-11H,3-6,9,21,27H2,1-2H3,(H,22,26). The van der Waals surface area contributed by atoms with E-state index in [9.17, 15) is 9.59 Å². The molecule has 2 unspecified atom stereocenters. The third kappa shape index (κ3) is 2.75. The Morgan fingerprint density at radius 2 is 2.00 bits per heavy atom. The lowest BCUT2D eigenvalue weighted by Crippen LogP contribution is -2.42. The molecule has 0 radical (unpaired) electrons. The summed E-state index contributed by atoms with van der Waals surface area (Å²) in [5, 5.41) is 1.92. The second kappa shape index (κ2) is 6.15. The van der Waals surface area contributed by atoms with Crippen molar-refractivity contribution in [2.24, 2.45) is 11.7 Å².